The molecule has 0 fully saturated rings. The van der Waals surface area contributed by atoms with Gasteiger partial charge in [-0.2, -0.15) is 0 Å². The molecule has 0 atom stereocenters. The van der Waals surface area contributed by atoms with Gasteiger partial charge >= 0.3 is 0 Å². The van der Waals surface area contributed by atoms with E-state index in [-0.39, 0.29) is 18.1 Å². The minimum absolute atomic E-state index is 0.146. The maximum atomic E-state index is 12.6. The van der Waals surface area contributed by atoms with Crippen molar-refractivity contribution in [2.24, 2.45) is 0 Å². The van der Waals surface area contributed by atoms with Crippen molar-refractivity contribution in [1.29, 1.82) is 0 Å². The summed E-state index contributed by atoms with van der Waals surface area (Å²) in [5.74, 6) is -0.131. The molecule has 0 saturated carbocycles. The van der Waals surface area contributed by atoms with Crippen LogP contribution in [0.2, 0.25) is 0 Å². The molecule has 3 aromatic rings. The molecule has 28 heavy (non-hydrogen) atoms. The summed E-state index contributed by atoms with van der Waals surface area (Å²) in [6.45, 7) is 0.229. The van der Waals surface area contributed by atoms with Gasteiger partial charge in [-0.3, -0.25) is 9.59 Å². The summed E-state index contributed by atoms with van der Waals surface area (Å²) in [7, 11) is 0. The van der Waals surface area contributed by atoms with Crippen molar-refractivity contribution in [3.05, 3.63) is 114 Å². The van der Waals surface area contributed by atoms with Crippen LogP contribution in [0, 0.1) is 0 Å². The van der Waals surface area contributed by atoms with Gasteiger partial charge < -0.3 is 15.1 Å². The largest absolute Gasteiger partial charge is 0.467 e. The second kappa shape index (κ2) is 9.73. The smallest absolute Gasteiger partial charge is 0.268 e. The maximum absolute atomic E-state index is 12.6. The fourth-order valence-electron chi connectivity index (χ4n) is 2.45. The van der Waals surface area contributed by atoms with Gasteiger partial charge in [0, 0.05) is 5.56 Å². The molecule has 0 radical (unpaired) electrons. The number of allylic oxidation sites excluding steroid dienone is 2. The van der Waals surface area contributed by atoms with Gasteiger partial charge in [0.1, 0.15) is 11.5 Å². The van der Waals surface area contributed by atoms with Gasteiger partial charge in [-0.05, 0) is 35.9 Å². The van der Waals surface area contributed by atoms with E-state index in [1.807, 2.05) is 42.5 Å². The van der Waals surface area contributed by atoms with Crippen LogP contribution in [-0.2, 0) is 11.3 Å². The lowest BCUT2D eigenvalue weighted by atomic mass is 10.2. The van der Waals surface area contributed by atoms with Gasteiger partial charge in [-0.25, -0.2) is 0 Å². The second-order valence-electron chi connectivity index (χ2n) is 5.93. The molecular weight excluding hydrogens is 352 g/mol. The van der Waals surface area contributed by atoms with E-state index in [4.69, 9.17) is 4.42 Å². The number of hydrogen-bond donors (Lipinski definition) is 2. The van der Waals surface area contributed by atoms with Gasteiger partial charge in [0.25, 0.3) is 11.8 Å². The molecule has 1 aromatic heterocycles. The molecule has 1 heterocycles. The standard InChI is InChI=1S/C23H20N2O3/c26-22(19-12-5-2-6-13-19)25-21(15-7-11-18-9-3-1-4-10-18)23(27)24-17-20-14-8-16-28-20/h1-16H,17H2,(H,24,27)(H,25,26)/b11-7-,21-15-. The molecule has 5 heteroatoms. The SMILES string of the molecule is O=C(NCc1ccco1)/C(=C/C=C\c1ccccc1)NC(=O)c1ccccc1. The summed E-state index contributed by atoms with van der Waals surface area (Å²) >= 11 is 0. The first-order valence-corrected chi connectivity index (χ1v) is 8.83. The van der Waals surface area contributed by atoms with Crippen molar-refractivity contribution >= 4 is 17.9 Å². The third-order valence-electron chi connectivity index (χ3n) is 3.88. The molecule has 0 aliphatic heterocycles. The zero-order chi connectivity index (χ0) is 19.6. The molecule has 0 aliphatic rings. The van der Waals surface area contributed by atoms with Gasteiger partial charge in [0.05, 0.1) is 12.8 Å². The van der Waals surface area contributed by atoms with Crippen LogP contribution in [0.3, 0.4) is 0 Å². The predicted molar refractivity (Wildman–Crippen MR) is 108 cm³/mol. The van der Waals surface area contributed by atoms with Crippen molar-refractivity contribution in [2.75, 3.05) is 0 Å². The summed E-state index contributed by atoms with van der Waals surface area (Å²) in [5.41, 5.74) is 1.61. The summed E-state index contributed by atoms with van der Waals surface area (Å²) < 4.78 is 5.22. The predicted octanol–water partition coefficient (Wildman–Crippen LogP) is 3.92. The topological polar surface area (TPSA) is 71.3 Å². The van der Waals surface area contributed by atoms with E-state index in [0.717, 1.165) is 5.56 Å². The van der Waals surface area contributed by atoms with Crippen LogP contribution < -0.4 is 10.6 Å². The van der Waals surface area contributed by atoms with Gasteiger partial charge in [0.2, 0.25) is 0 Å². The Morgan fingerprint density at radius 2 is 1.61 bits per heavy atom. The Labute approximate surface area is 163 Å². The molecule has 0 spiro atoms. The zero-order valence-electron chi connectivity index (χ0n) is 15.2. The van der Waals surface area contributed by atoms with Crippen LogP contribution >= 0.6 is 0 Å². The number of carbonyl (C=O) groups is 2. The van der Waals surface area contributed by atoms with Gasteiger partial charge in [0.15, 0.2) is 0 Å². The number of hydrogen-bond acceptors (Lipinski definition) is 3. The molecule has 5 nitrogen and oxygen atoms in total. The van der Waals surface area contributed by atoms with Crippen LogP contribution in [-0.4, -0.2) is 11.8 Å². The third-order valence-corrected chi connectivity index (χ3v) is 3.88. The van der Waals surface area contributed by atoms with Crippen LogP contribution in [0.25, 0.3) is 6.08 Å². The first-order valence-electron chi connectivity index (χ1n) is 8.83. The summed E-state index contributed by atoms with van der Waals surface area (Å²) in [4.78, 5) is 25.0. The lowest BCUT2D eigenvalue weighted by Gasteiger charge is -2.10. The van der Waals surface area contributed by atoms with Crippen LogP contribution in [0.1, 0.15) is 21.7 Å². The van der Waals surface area contributed by atoms with E-state index in [0.29, 0.717) is 11.3 Å². The van der Waals surface area contributed by atoms with Crippen LogP contribution in [0.15, 0.2) is 101 Å². The molecular formula is C23H20N2O3. The molecule has 3 rings (SSSR count). The highest BCUT2D eigenvalue weighted by Gasteiger charge is 2.14. The highest BCUT2D eigenvalue weighted by Crippen LogP contribution is 2.05. The molecule has 2 amide bonds. The summed E-state index contributed by atoms with van der Waals surface area (Å²) in [5, 5.41) is 5.42. The van der Waals surface area contributed by atoms with Crippen molar-refractivity contribution in [3.8, 4) is 0 Å². The Bertz CT molecular complexity index is 960. The molecule has 0 bridgehead atoms. The van der Waals surface area contributed by atoms with Crippen molar-refractivity contribution < 1.29 is 14.0 Å². The van der Waals surface area contributed by atoms with Crippen LogP contribution in [0.5, 0.6) is 0 Å². The average Bonchev–Trinajstić information content (AvgIpc) is 3.26. The minimum atomic E-state index is -0.404. The van der Waals surface area contributed by atoms with E-state index >= 15 is 0 Å². The van der Waals surface area contributed by atoms with E-state index in [1.165, 1.54) is 6.26 Å². The van der Waals surface area contributed by atoms with E-state index in [2.05, 4.69) is 10.6 Å². The Morgan fingerprint density at radius 3 is 2.29 bits per heavy atom. The normalized spacial score (nSPS) is 11.4. The number of rotatable bonds is 7. The highest BCUT2D eigenvalue weighted by atomic mass is 16.3. The maximum Gasteiger partial charge on any atom is 0.268 e. The molecule has 0 aliphatic carbocycles. The molecule has 140 valence electrons. The molecule has 0 unspecified atom stereocenters. The number of carbonyl (C=O) groups excluding carboxylic acids is 2. The number of amides is 2. The average molecular weight is 372 g/mol. The first-order chi connectivity index (χ1) is 13.7. The number of benzene rings is 2. The third kappa shape index (κ3) is 5.57. The van der Waals surface area contributed by atoms with Crippen molar-refractivity contribution in [1.82, 2.24) is 10.6 Å². The molecule has 2 N–H and O–H groups in total. The molecule has 0 saturated heterocycles. The second-order valence-corrected chi connectivity index (χ2v) is 5.93. The lowest BCUT2D eigenvalue weighted by molar-refractivity contribution is -0.118. The first kappa shape index (κ1) is 18.9. The number of nitrogens with one attached hydrogen (secondary N) is 2. The van der Waals surface area contributed by atoms with E-state index < -0.39 is 5.91 Å². The van der Waals surface area contributed by atoms with Gasteiger partial charge in [-0.1, -0.05) is 60.7 Å². The fourth-order valence-corrected chi connectivity index (χ4v) is 2.45. The lowest BCUT2D eigenvalue weighted by Crippen LogP contribution is -2.34. The van der Waals surface area contributed by atoms with Gasteiger partial charge in [-0.15, -0.1) is 0 Å². The summed E-state index contributed by atoms with van der Waals surface area (Å²) in [6.07, 6.45) is 6.69. The Balaban J connectivity index is 1.74. The fraction of sp³-hybridized carbons (Fsp3) is 0.0435. The number of furan rings is 1. The Hall–Kier alpha value is -3.86. The van der Waals surface area contributed by atoms with Crippen molar-refractivity contribution in [3.63, 3.8) is 0 Å². The highest BCUT2D eigenvalue weighted by molar-refractivity contribution is 6.02. The zero-order valence-corrected chi connectivity index (χ0v) is 15.2. The monoisotopic (exact) mass is 372 g/mol. The quantitative estimate of drug-likeness (QED) is 0.488. The Morgan fingerprint density at radius 1 is 0.893 bits per heavy atom. The van der Waals surface area contributed by atoms with Crippen molar-refractivity contribution in [2.45, 2.75) is 6.54 Å². The minimum Gasteiger partial charge on any atom is -0.467 e. The van der Waals surface area contributed by atoms with Crippen LogP contribution in [0.4, 0.5) is 0 Å². The Kier molecular flexibility index (Phi) is 6.57. The van der Waals surface area contributed by atoms with E-state index in [1.54, 1.807) is 48.6 Å². The van der Waals surface area contributed by atoms with E-state index in [9.17, 15) is 9.59 Å². The summed E-state index contributed by atoms with van der Waals surface area (Å²) in [6, 6.07) is 21.9. The molecule has 2 aromatic carbocycles.